The molecule has 0 radical (unpaired) electrons. The van der Waals surface area contributed by atoms with E-state index in [0.717, 1.165) is 36.8 Å². The Labute approximate surface area is 203 Å². The maximum atomic E-state index is 5.94. The molecule has 4 aromatic rings. The Morgan fingerprint density at radius 1 is 0.882 bits per heavy atom. The van der Waals surface area contributed by atoms with Gasteiger partial charge in [-0.25, -0.2) is 0 Å². The Kier molecular flexibility index (Phi) is 7.25. The molecule has 4 heteroatoms. The van der Waals surface area contributed by atoms with Gasteiger partial charge in [-0.15, -0.1) is 0 Å². The minimum absolute atomic E-state index is 0.526. The average molecular weight is 454 g/mol. The zero-order valence-corrected chi connectivity index (χ0v) is 20.2. The van der Waals surface area contributed by atoms with Crippen LogP contribution in [0.4, 0.5) is 5.88 Å². The summed E-state index contributed by atoms with van der Waals surface area (Å²) >= 11 is 0. The van der Waals surface area contributed by atoms with E-state index in [9.17, 15) is 0 Å². The Hall–Kier alpha value is -3.11. The van der Waals surface area contributed by atoms with E-state index in [1.807, 2.05) is 18.2 Å². The molecule has 0 amide bonds. The van der Waals surface area contributed by atoms with Gasteiger partial charge < -0.3 is 14.3 Å². The smallest absolute Gasteiger partial charge is 0.228 e. The first kappa shape index (κ1) is 22.7. The summed E-state index contributed by atoms with van der Waals surface area (Å²) in [6.07, 6.45) is 5.40. The molecule has 3 aromatic carbocycles. The lowest BCUT2D eigenvalue weighted by Crippen LogP contribution is -2.36. The molecule has 0 N–H and O–H groups in total. The predicted molar refractivity (Wildman–Crippen MR) is 141 cm³/mol. The standard InChI is InChI=1S/C30H35N3O/c1-24(21-32-18-9-2-3-10-19-32)22-33(23-27-16-11-15-25-12-7-8-17-28(25)27)30-20-29(31-34-30)26-13-5-4-6-14-26/h4-8,11-17,20,24H,2-3,9-10,18-19,21-23H2,1H3. The van der Waals surface area contributed by atoms with E-state index >= 15 is 0 Å². The predicted octanol–water partition coefficient (Wildman–Crippen LogP) is 7.01. The highest BCUT2D eigenvalue weighted by atomic mass is 16.5. The van der Waals surface area contributed by atoms with Crippen molar-refractivity contribution in [2.45, 2.75) is 39.2 Å². The fourth-order valence-corrected chi connectivity index (χ4v) is 5.22. The molecule has 1 atom stereocenters. The van der Waals surface area contributed by atoms with Crippen molar-refractivity contribution in [3.63, 3.8) is 0 Å². The van der Waals surface area contributed by atoms with Crippen LogP contribution in [0.15, 0.2) is 83.4 Å². The van der Waals surface area contributed by atoms with Crippen molar-refractivity contribution in [3.05, 3.63) is 84.4 Å². The monoisotopic (exact) mass is 453 g/mol. The number of aromatic nitrogens is 1. The van der Waals surface area contributed by atoms with Crippen molar-refractivity contribution in [3.8, 4) is 11.3 Å². The fourth-order valence-electron chi connectivity index (χ4n) is 5.22. The summed E-state index contributed by atoms with van der Waals surface area (Å²) in [6.45, 7) is 7.70. The van der Waals surface area contributed by atoms with E-state index in [2.05, 4.69) is 82.5 Å². The van der Waals surface area contributed by atoms with E-state index in [1.165, 1.54) is 55.1 Å². The molecule has 1 saturated heterocycles. The second kappa shape index (κ2) is 10.9. The summed E-state index contributed by atoms with van der Waals surface area (Å²) in [7, 11) is 0. The van der Waals surface area contributed by atoms with E-state index in [4.69, 9.17) is 4.52 Å². The third-order valence-corrected chi connectivity index (χ3v) is 6.92. The number of benzene rings is 3. The van der Waals surface area contributed by atoms with Crippen molar-refractivity contribution >= 4 is 16.7 Å². The number of likely N-dealkylation sites (tertiary alicyclic amines) is 1. The maximum absolute atomic E-state index is 5.94. The van der Waals surface area contributed by atoms with E-state index < -0.39 is 0 Å². The molecule has 1 aliphatic rings. The zero-order valence-electron chi connectivity index (χ0n) is 20.2. The molecule has 4 nitrogen and oxygen atoms in total. The number of hydrogen-bond acceptors (Lipinski definition) is 4. The van der Waals surface area contributed by atoms with Gasteiger partial charge in [-0.1, -0.05) is 97.7 Å². The SMILES string of the molecule is CC(CN1CCCCCC1)CN(Cc1cccc2ccccc12)c1cc(-c2ccccc2)no1. The quantitative estimate of drug-likeness (QED) is 0.287. The van der Waals surface area contributed by atoms with Gasteiger partial charge in [-0.3, -0.25) is 0 Å². The van der Waals surface area contributed by atoms with Crippen molar-refractivity contribution in [1.29, 1.82) is 0 Å². The van der Waals surface area contributed by atoms with Crippen molar-refractivity contribution < 1.29 is 4.52 Å². The zero-order chi connectivity index (χ0) is 23.2. The van der Waals surface area contributed by atoms with Crippen LogP contribution in [0.5, 0.6) is 0 Å². The molecule has 0 aliphatic carbocycles. The fraction of sp³-hybridized carbons (Fsp3) is 0.367. The van der Waals surface area contributed by atoms with Crippen LogP contribution in [-0.2, 0) is 6.54 Å². The van der Waals surface area contributed by atoms with Gasteiger partial charge in [-0.05, 0) is 48.2 Å². The van der Waals surface area contributed by atoms with Gasteiger partial charge in [0.25, 0.3) is 0 Å². The summed E-state index contributed by atoms with van der Waals surface area (Å²) in [5.41, 5.74) is 3.29. The van der Waals surface area contributed by atoms with Gasteiger partial charge in [0.05, 0.1) is 0 Å². The van der Waals surface area contributed by atoms with Crippen LogP contribution in [-0.4, -0.2) is 36.2 Å². The molecule has 176 valence electrons. The summed E-state index contributed by atoms with van der Waals surface area (Å²) < 4.78 is 5.94. The van der Waals surface area contributed by atoms with Gasteiger partial charge in [0.15, 0.2) is 0 Å². The third kappa shape index (κ3) is 5.51. The molecule has 1 unspecified atom stereocenters. The molecular formula is C30H35N3O. The van der Waals surface area contributed by atoms with Crippen molar-refractivity contribution in [1.82, 2.24) is 10.1 Å². The summed E-state index contributed by atoms with van der Waals surface area (Å²) in [5.74, 6) is 1.37. The first-order valence-corrected chi connectivity index (χ1v) is 12.7. The van der Waals surface area contributed by atoms with Gasteiger partial charge in [0.1, 0.15) is 5.69 Å². The third-order valence-electron chi connectivity index (χ3n) is 6.92. The number of hydrogen-bond donors (Lipinski definition) is 0. The highest BCUT2D eigenvalue weighted by Crippen LogP contribution is 2.28. The molecule has 0 saturated carbocycles. The lowest BCUT2D eigenvalue weighted by atomic mass is 10.0. The number of anilines is 1. The lowest BCUT2D eigenvalue weighted by molar-refractivity contribution is 0.245. The molecule has 1 aliphatic heterocycles. The first-order chi connectivity index (χ1) is 16.8. The van der Waals surface area contributed by atoms with Crippen LogP contribution in [0, 0.1) is 5.92 Å². The molecule has 34 heavy (non-hydrogen) atoms. The molecular weight excluding hydrogens is 418 g/mol. The van der Waals surface area contributed by atoms with Crippen LogP contribution < -0.4 is 4.90 Å². The Morgan fingerprint density at radius 3 is 2.44 bits per heavy atom. The summed E-state index contributed by atoms with van der Waals surface area (Å²) in [5, 5.41) is 7.00. The minimum Gasteiger partial charge on any atom is -0.338 e. The molecule has 5 rings (SSSR count). The average Bonchev–Trinajstić information content (AvgIpc) is 3.23. The van der Waals surface area contributed by atoms with Crippen LogP contribution in [0.25, 0.3) is 22.0 Å². The van der Waals surface area contributed by atoms with Crippen LogP contribution in [0.3, 0.4) is 0 Å². The maximum Gasteiger partial charge on any atom is 0.228 e. The van der Waals surface area contributed by atoms with E-state index in [0.29, 0.717) is 5.92 Å². The Morgan fingerprint density at radius 2 is 1.62 bits per heavy atom. The first-order valence-electron chi connectivity index (χ1n) is 12.7. The molecule has 1 fully saturated rings. The molecule has 0 spiro atoms. The highest BCUT2D eigenvalue weighted by Gasteiger charge is 2.20. The summed E-state index contributed by atoms with van der Waals surface area (Å²) in [6, 6.07) is 27.6. The van der Waals surface area contributed by atoms with Gasteiger partial charge in [-0.2, -0.15) is 0 Å². The number of rotatable bonds is 8. The normalized spacial score (nSPS) is 15.8. The van der Waals surface area contributed by atoms with Gasteiger partial charge >= 0.3 is 0 Å². The second-order valence-corrected chi connectivity index (χ2v) is 9.76. The van der Waals surface area contributed by atoms with Crippen LogP contribution >= 0.6 is 0 Å². The molecule has 2 heterocycles. The minimum atomic E-state index is 0.526. The van der Waals surface area contributed by atoms with E-state index in [-0.39, 0.29) is 0 Å². The topological polar surface area (TPSA) is 32.5 Å². The largest absolute Gasteiger partial charge is 0.338 e. The highest BCUT2D eigenvalue weighted by molar-refractivity contribution is 5.85. The van der Waals surface area contributed by atoms with E-state index in [1.54, 1.807) is 0 Å². The van der Waals surface area contributed by atoms with Crippen LogP contribution in [0.1, 0.15) is 38.2 Å². The lowest BCUT2D eigenvalue weighted by Gasteiger charge is -2.29. The second-order valence-electron chi connectivity index (χ2n) is 9.76. The summed E-state index contributed by atoms with van der Waals surface area (Å²) in [4.78, 5) is 5.03. The van der Waals surface area contributed by atoms with Gasteiger partial charge in [0.2, 0.25) is 5.88 Å². The molecule has 1 aromatic heterocycles. The Bertz CT molecular complexity index is 1170. The molecule has 0 bridgehead atoms. The van der Waals surface area contributed by atoms with Crippen molar-refractivity contribution in [2.24, 2.45) is 5.92 Å². The number of fused-ring (bicyclic) bond motifs is 1. The van der Waals surface area contributed by atoms with Crippen molar-refractivity contribution in [2.75, 3.05) is 31.1 Å². The number of nitrogens with zero attached hydrogens (tertiary/aromatic N) is 3. The van der Waals surface area contributed by atoms with Gasteiger partial charge in [0, 0.05) is 31.3 Å². The Balaban J connectivity index is 1.40. The van der Waals surface area contributed by atoms with Crippen LogP contribution in [0.2, 0.25) is 0 Å².